The van der Waals surface area contributed by atoms with Crippen molar-refractivity contribution in [2.45, 2.75) is 33.7 Å². The number of hydrogen-bond donors (Lipinski definition) is 1. The monoisotopic (exact) mass is 293 g/mol. The first-order valence-corrected chi connectivity index (χ1v) is 6.93. The molecule has 1 amide bonds. The molecule has 0 aliphatic carbocycles. The molecule has 0 saturated carbocycles. The number of carbonyl (C=O) groups excluding carboxylic acids is 2. The van der Waals surface area contributed by atoms with Crippen molar-refractivity contribution in [3.8, 4) is 5.75 Å². The number of aryl methyl sites for hydroxylation is 1. The lowest BCUT2D eigenvalue weighted by molar-refractivity contribution is -0.146. The Morgan fingerprint density at radius 3 is 2.48 bits per heavy atom. The van der Waals surface area contributed by atoms with Crippen LogP contribution in [0.1, 0.15) is 25.0 Å². The van der Waals surface area contributed by atoms with E-state index in [2.05, 4.69) is 10.1 Å². The van der Waals surface area contributed by atoms with Crippen LogP contribution in [0.15, 0.2) is 18.2 Å². The van der Waals surface area contributed by atoms with Gasteiger partial charge in [0.05, 0.1) is 7.11 Å². The van der Waals surface area contributed by atoms with E-state index in [1.807, 2.05) is 45.9 Å². The summed E-state index contributed by atoms with van der Waals surface area (Å²) < 4.78 is 10.2. The first-order valence-electron chi connectivity index (χ1n) is 6.93. The van der Waals surface area contributed by atoms with Gasteiger partial charge in [0.15, 0.2) is 6.61 Å². The first-order chi connectivity index (χ1) is 9.86. The number of methoxy groups -OCH3 is 1. The average Bonchev–Trinajstić information content (AvgIpc) is 2.45. The van der Waals surface area contributed by atoms with Crippen LogP contribution in [0.5, 0.6) is 5.75 Å². The molecule has 0 fully saturated rings. The van der Waals surface area contributed by atoms with E-state index in [1.165, 1.54) is 7.11 Å². The molecule has 1 unspecified atom stereocenters. The van der Waals surface area contributed by atoms with Gasteiger partial charge in [-0.1, -0.05) is 26.0 Å². The van der Waals surface area contributed by atoms with E-state index < -0.39 is 12.0 Å². The van der Waals surface area contributed by atoms with Gasteiger partial charge in [0, 0.05) is 0 Å². The summed E-state index contributed by atoms with van der Waals surface area (Å²) in [6.07, 6.45) is 0. The number of hydrogen-bond acceptors (Lipinski definition) is 4. The third kappa shape index (κ3) is 4.77. The van der Waals surface area contributed by atoms with Crippen molar-refractivity contribution < 1.29 is 19.1 Å². The van der Waals surface area contributed by atoms with Gasteiger partial charge in [-0.25, -0.2) is 4.79 Å². The van der Waals surface area contributed by atoms with Gasteiger partial charge in [0.1, 0.15) is 11.8 Å². The van der Waals surface area contributed by atoms with Crippen molar-refractivity contribution in [3.63, 3.8) is 0 Å². The topological polar surface area (TPSA) is 64.6 Å². The van der Waals surface area contributed by atoms with E-state index in [0.717, 1.165) is 11.1 Å². The molecule has 5 nitrogen and oxygen atoms in total. The Labute approximate surface area is 125 Å². The van der Waals surface area contributed by atoms with Gasteiger partial charge in [-0.05, 0) is 37.0 Å². The zero-order chi connectivity index (χ0) is 16.0. The first kappa shape index (κ1) is 17.0. The Kier molecular flexibility index (Phi) is 6.21. The van der Waals surface area contributed by atoms with Gasteiger partial charge in [0.25, 0.3) is 5.91 Å². The number of amides is 1. The van der Waals surface area contributed by atoms with Crippen LogP contribution in [0.25, 0.3) is 0 Å². The van der Waals surface area contributed by atoms with E-state index >= 15 is 0 Å². The molecule has 0 heterocycles. The van der Waals surface area contributed by atoms with Crippen LogP contribution >= 0.6 is 0 Å². The van der Waals surface area contributed by atoms with Crippen molar-refractivity contribution in [2.75, 3.05) is 13.7 Å². The second-order valence-corrected chi connectivity index (χ2v) is 5.30. The molecule has 21 heavy (non-hydrogen) atoms. The molecule has 0 spiro atoms. The summed E-state index contributed by atoms with van der Waals surface area (Å²) in [5.74, 6) is -0.184. The Bertz CT molecular complexity index is 511. The van der Waals surface area contributed by atoms with Gasteiger partial charge in [0.2, 0.25) is 0 Å². The second-order valence-electron chi connectivity index (χ2n) is 5.30. The van der Waals surface area contributed by atoms with Crippen molar-refractivity contribution in [1.29, 1.82) is 0 Å². The smallest absolute Gasteiger partial charge is 0.328 e. The highest BCUT2D eigenvalue weighted by Gasteiger charge is 2.24. The Morgan fingerprint density at radius 1 is 1.24 bits per heavy atom. The summed E-state index contributed by atoms with van der Waals surface area (Å²) in [4.78, 5) is 23.5. The number of nitrogens with one attached hydrogen (secondary N) is 1. The molecule has 0 saturated heterocycles. The molecule has 0 bridgehead atoms. The molecule has 1 aromatic rings. The van der Waals surface area contributed by atoms with E-state index in [9.17, 15) is 9.59 Å². The molecule has 0 aliphatic rings. The fraction of sp³-hybridized carbons (Fsp3) is 0.500. The number of ether oxygens (including phenoxy) is 2. The molecule has 0 aromatic heterocycles. The lowest BCUT2D eigenvalue weighted by Crippen LogP contribution is -2.46. The number of carbonyl (C=O) groups is 2. The Morgan fingerprint density at radius 2 is 1.90 bits per heavy atom. The lowest BCUT2D eigenvalue weighted by Gasteiger charge is -2.20. The molecule has 1 atom stereocenters. The summed E-state index contributed by atoms with van der Waals surface area (Å²) in [5, 5.41) is 2.63. The van der Waals surface area contributed by atoms with Crippen LogP contribution in [0.3, 0.4) is 0 Å². The standard InChI is InChI=1S/C16H23NO4/c1-10(2)15(16(19)20-5)17-14(18)9-21-13-8-6-7-11(3)12(13)4/h6-8,10,15H,9H2,1-5H3,(H,17,18). The minimum atomic E-state index is -0.662. The molecule has 1 aromatic carbocycles. The van der Waals surface area contributed by atoms with E-state index in [0.29, 0.717) is 5.75 Å². The van der Waals surface area contributed by atoms with Crippen LogP contribution in [0, 0.1) is 19.8 Å². The van der Waals surface area contributed by atoms with Crippen LogP contribution in [-0.2, 0) is 14.3 Å². The maximum absolute atomic E-state index is 11.9. The zero-order valence-electron chi connectivity index (χ0n) is 13.2. The minimum Gasteiger partial charge on any atom is -0.483 e. The highest BCUT2D eigenvalue weighted by Crippen LogP contribution is 2.20. The van der Waals surface area contributed by atoms with Gasteiger partial charge in [-0.3, -0.25) is 4.79 Å². The molecular formula is C16H23NO4. The zero-order valence-corrected chi connectivity index (χ0v) is 13.2. The maximum Gasteiger partial charge on any atom is 0.328 e. The van der Waals surface area contributed by atoms with Crippen LogP contribution in [0.2, 0.25) is 0 Å². The molecule has 116 valence electrons. The van der Waals surface area contributed by atoms with Crippen LogP contribution < -0.4 is 10.1 Å². The van der Waals surface area contributed by atoms with Gasteiger partial charge in [-0.15, -0.1) is 0 Å². The SMILES string of the molecule is COC(=O)C(NC(=O)COc1cccc(C)c1C)C(C)C. The number of esters is 1. The van der Waals surface area contributed by atoms with Crippen LogP contribution in [-0.4, -0.2) is 31.6 Å². The summed E-state index contributed by atoms with van der Waals surface area (Å²) in [6.45, 7) is 7.47. The fourth-order valence-corrected chi connectivity index (χ4v) is 1.86. The van der Waals surface area contributed by atoms with E-state index in [1.54, 1.807) is 0 Å². The largest absolute Gasteiger partial charge is 0.483 e. The molecule has 1 N–H and O–H groups in total. The maximum atomic E-state index is 11.9. The Balaban J connectivity index is 2.61. The van der Waals surface area contributed by atoms with E-state index in [-0.39, 0.29) is 18.4 Å². The second kappa shape index (κ2) is 7.67. The highest BCUT2D eigenvalue weighted by molar-refractivity contribution is 5.85. The molecular weight excluding hydrogens is 270 g/mol. The molecule has 0 radical (unpaired) electrons. The Hall–Kier alpha value is -2.04. The van der Waals surface area contributed by atoms with Gasteiger partial charge >= 0.3 is 5.97 Å². The number of benzene rings is 1. The summed E-state index contributed by atoms with van der Waals surface area (Å²) in [5.41, 5.74) is 2.10. The van der Waals surface area contributed by atoms with Crippen molar-refractivity contribution in [2.24, 2.45) is 5.92 Å². The predicted molar refractivity (Wildman–Crippen MR) is 80.2 cm³/mol. The third-order valence-electron chi connectivity index (χ3n) is 3.35. The van der Waals surface area contributed by atoms with Crippen molar-refractivity contribution in [1.82, 2.24) is 5.32 Å². The normalized spacial score (nSPS) is 11.9. The lowest BCUT2D eigenvalue weighted by atomic mass is 10.0. The predicted octanol–water partition coefficient (Wildman–Crippen LogP) is 2.00. The molecule has 0 aliphatic heterocycles. The fourth-order valence-electron chi connectivity index (χ4n) is 1.86. The molecule has 5 heteroatoms. The van der Waals surface area contributed by atoms with E-state index in [4.69, 9.17) is 4.74 Å². The average molecular weight is 293 g/mol. The van der Waals surface area contributed by atoms with Crippen molar-refractivity contribution in [3.05, 3.63) is 29.3 Å². The van der Waals surface area contributed by atoms with Crippen LogP contribution in [0.4, 0.5) is 0 Å². The highest BCUT2D eigenvalue weighted by atomic mass is 16.5. The van der Waals surface area contributed by atoms with Crippen molar-refractivity contribution >= 4 is 11.9 Å². The third-order valence-corrected chi connectivity index (χ3v) is 3.35. The summed E-state index contributed by atoms with van der Waals surface area (Å²) in [6, 6.07) is 5.01. The van der Waals surface area contributed by atoms with Gasteiger partial charge < -0.3 is 14.8 Å². The minimum absolute atomic E-state index is 0.0536. The molecule has 1 rings (SSSR count). The quantitative estimate of drug-likeness (QED) is 0.815. The van der Waals surface area contributed by atoms with Gasteiger partial charge in [-0.2, -0.15) is 0 Å². The number of rotatable bonds is 6. The summed E-state index contributed by atoms with van der Waals surface area (Å²) >= 11 is 0. The summed E-state index contributed by atoms with van der Waals surface area (Å²) in [7, 11) is 1.30.